The van der Waals surface area contributed by atoms with E-state index in [1.165, 1.54) is 38.5 Å². The quantitative estimate of drug-likeness (QED) is 0.0545. The molecule has 2 aliphatic rings. The van der Waals surface area contributed by atoms with Gasteiger partial charge in [0.05, 0.1) is 25.3 Å². The van der Waals surface area contributed by atoms with Crippen LogP contribution in [-0.4, -0.2) is 14.2 Å². The van der Waals surface area contributed by atoms with Gasteiger partial charge < -0.3 is 9.47 Å². The smallest absolute Gasteiger partial charge is 0.200 e. The number of benzene rings is 8. The normalized spacial score (nSPS) is 12.0. The van der Waals surface area contributed by atoms with Crippen LogP contribution in [0.15, 0.2) is 84.9 Å². The number of ether oxygens (including phenoxy) is 2. The van der Waals surface area contributed by atoms with Crippen molar-refractivity contribution in [3.05, 3.63) is 143 Å². The fourth-order valence-electron chi connectivity index (χ4n) is 8.10. The van der Waals surface area contributed by atoms with Crippen LogP contribution in [0.25, 0.3) is 96.0 Å². The number of methoxy groups -OCH3 is 2. The van der Waals surface area contributed by atoms with E-state index in [-0.39, 0.29) is 21.9 Å². The predicted molar refractivity (Wildman–Crippen MR) is 214 cm³/mol. The molecule has 0 amide bonds. The van der Waals surface area contributed by atoms with Gasteiger partial charge in [-0.3, -0.25) is 0 Å². The molecule has 0 aliphatic carbocycles. The van der Waals surface area contributed by atoms with E-state index in [1.807, 2.05) is 0 Å². The summed E-state index contributed by atoms with van der Waals surface area (Å²) in [6.07, 6.45) is 0. The van der Waals surface area contributed by atoms with Crippen LogP contribution < -0.4 is 9.47 Å². The Hall–Kier alpha value is -6.38. The Morgan fingerprint density at radius 3 is 0.983 bits per heavy atom. The number of hydrogen-bond acceptors (Lipinski definition) is 4. The van der Waals surface area contributed by atoms with Crippen LogP contribution >= 0.6 is 22.7 Å². The molecule has 8 aromatic carbocycles. The van der Waals surface area contributed by atoms with Gasteiger partial charge in [-0.1, -0.05) is 48.5 Å². The van der Waals surface area contributed by atoms with Gasteiger partial charge in [-0.05, 0) is 80.6 Å². The lowest BCUT2D eigenvalue weighted by atomic mass is 9.85. The van der Waals surface area contributed by atoms with E-state index < -0.39 is 69.3 Å². The Morgan fingerprint density at radius 1 is 0.350 bits per heavy atom. The monoisotopic (exact) mass is 858 g/mol. The average molecular weight is 859 g/mol. The first-order valence-electron chi connectivity index (χ1n) is 17.8. The highest BCUT2D eigenvalue weighted by Crippen LogP contribution is 2.58. The van der Waals surface area contributed by atoms with Crippen molar-refractivity contribution in [2.24, 2.45) is 0 Å². The molecule has 0 unspecified atom stereocenters. The Bertz CT molecular complexity index is 3110. The second-order valence-corrected chi connectivity index (χ2v) is 16.0. The second-order valence-electron chi connectivity index (χ2n) is 13.9. The van der Waals surface area contributed by atoms with Crippen LogP contribution in [0.5, 0.6) is 11.5 Å². The molecule has 60 heavy (non-hydrogen) atoms. The van der Waals surface area contributed by atoms with Gasteiger partial charge in [0.25, 0.3) is 0 Å². The molecule has 2 aliphatic heterocycles. The average Bonchev–Trinajstić information content (AvgIpc) is 3.27. The maximum absolute atomic E-state index is 15.8. The predicted octanol–water partition coefficient (Wildman–Crippen LogP) is 15.0. The largest absolute Gasteiger partial charge is 0.497 e. The van der Waals surface area contributed by atoms with Gasteiger partial charge in [-0.2, -0.15) is 0 Å². The second kappa shape index (κ2) is 13.6. The summed E-state index contributed by atoms with van der Waals surface area (Å²) >= 11 is 2.12. The van der Waals surface area contributed by atoms with E-state index in [0.717, 1.165) is 22.7 Å². The summed E-state index contributed by atoms with van der Waals surface area (Å²) in [5.41, 5.74) is 0.369. The first-order valence-corrected chi connectivity index (χ1v) is 19.4. The molecule has 2 nitrogen and oxygen atoms in total. The number of rotatable bonds is 6. The number of hydrogen-bond donors (Lipinski definition) is 0. The molecule has 298 valence electrons. The van der Waals surface area contributed by atoms with Crippen molar-refractivity contribution in [1.29, 1.82) is 0 Å². The van der Waals surface area contributed by atoms with Crippen molar-refractivity contribution in [1.82, 2.24) is 0 Å². The summed E-state index contributed by atoms with van der Waals surface area (Å²) in [6.45, 7) is 0. The molecule has 0 N–H and O–H groups in total. The van der Waals surface area contributed by atoms with Crippen LogP contribution in [0, 0.1) is 58.2 Å². The fraction of sp³-hybridized carbons (Fsp3) is 0.0435. The van der Waals surface area contributed by atoms with Gasteiger partial charge in [0.2, 0.25) is 11.6 Å². The third kappa shape index (κ3) is 5.19. The number of halogens is 10. The zero-order valence-electron chi connectivity index (χ0n) is 30.5. The van der Waals surface area contributed by atoms with Crippen molar-refractivity contribution in [2.75, 3.05) is 14.2 Å². The minimum absolute atomic E-state index is 0.120. The fourth-order valence-corrected chi connectivity index (χ4v) is 10.7. The van der Waals surface area contributed by atoms with E-state index in [2.05, 4.69) is 0 Å². The lowest BCUT2D eigenvalue weighted by molar-refractivity contribution is 0.381. The lowest BCUT2D eigenvalue weighted by Crippen LogP contribution is -2.05. The first kappa shape index (κ1) is 37.9. The standard InChI is InChI=1S/C46H20F10O2S2/c1-57-19-7-3-17(4-8-19)21-11-13-23-25(31-35(47)39(51)43(55)40(52)36(31)48)16-28-33-29(23)45(21)59-27-15-26(32-37(49)41(53)44(56)42(54)38(32)50)24-14-12-22(46(60-28)30(24)34(27)33)18-5-9-20(58-2)10-6-18/h3-16H,1-2H3. The van der Waals surface area contributed by atoms with Crippen LogP contribution in [0.4, 0.5) is 43.9 Å². The summed E-state index contributed by atoms with van der Waals surface area (Å²) in [6, 6.07) is 22.6. The lowest BCUT2D eigenvalue weighted by Gasteiger charge is -2.26. The van der Waals surface area contributed by atoms with E-state index in [0.29, 0.717) is 74.5 Å². The molecule has 0 bridgehead atoms. The topological polar surface area (TPSA) is 18.5 Å². The molecular formula is C46H20F10O2S2. The van der Waals surface area contributed by atoms with Gasteiger partial charge in [0.15, 0.2) is 46.5 Å². The Kier molecular flexibility index (Phi) is 8.57. The maximum Gasteiger partial charge on any atom is 0.200 e. The SMILES string of the molecule is COc1ccc(-c2ccc3c(-c4c(F)c(F)c(F)c(F)c4F)cc4sc5c(-c6ccc(OC)cc6)ccc6c(-c7c(F)c(F)c(F)c(F)c7F)cc7sc2c3c4-c7c65)cc1. The molecule has 8 aromatic rings. The first-order chi connectivity index (χ1) is 28.8. The van der Waals surface area contributed by atoms with E-state index in [9.17, 15) is 26.3 Å². The third-order valence-corrected chi connectivity index (χ3v) is 13.2. The van der Waals surface area contributed by atoms with E-state index in [1.54, 1.807) is 60.7 Å². The molecule has 0 saturated heterocycles. The van der Waals surface area contributed by atoms with Crippen LogP contribution in [-0.2, 0) is 0 Å². The Labute approximate surface area is 339 Å². The van der Waals surface area contributed by atoms with Gasteiger partial charge in [0, 0.05) is 40.7 Å². The maximum atomic E-state index is 15.8. The summed E-state index contributed by atoms with van der Waals surface area (Å²) < 4.78 is 164. The third-order valence-electron chi connectivity index (χ3n) is 10.9. The molecule has 0 spiro atoms. The molecule has 0 fully saturated rings. The summed E-state index contributed by atoms with van der Waals surface area (Å²) in [4.78, 5) is 0. The van der Waals surface area contributed by atoms with Crippen molar-refractivity contribution >= 4 is 63.0 Å². The molecule has 0 atom stereocenters. The van der Waals surface area contributed by atoms with Crippen LogP contribution in [0.1, 0.15) is 0 Å². The van der Waals surface area contributed by atoms with Crippen LogP contribution in [0.2, 0.25) is 0 Å². The van der Waals surface area contributed by atoms with Gasteiger partial charge in [0.1, 0.15) is 11.5 Å². The Morgan fingerprint density at radius 2 is 0.667 bits per heavy atom. The Balaban J connectivity index is 1.44. The highest BCUT2D eigenvalue weighted by molar-refractivity contribution is 7.27. The van der Waals surface area contributed by atoms with Crippen LogP contribution in [0.3, 0.4) is 0 Å². The highest BCUT2D eigenvalue weighted by Gasteiger charge is 2.34. The molecule has 14 heteroatoms. The van der Waals surface area contributed by atoms with E-state index in [4.69, 9.17) is 9.47 Å². The zero-order valence-corrected chi connectivity index (χ0v) is 32.1. The molecule has 2 heterocycles. The highest BCUT2D eigenvalue weighted by atomic mass is 32.1. The minimum Gasteiger partial charge on any atom is -0.497 e. The summed E-state index contributed by atoms with van der Waals surface area (Å²) in [5.74, 6) is -20.2. The summed E-state index contributed by atoms with van der Waals surface area (Å²) in [5, 5.41) is 0.982. The minimum atomic E-state index is -2.32. The van der Waals surface area contributed by atoms with Gasteiger partial charge in [-0.15, -0.1) is 22.7 Å². The zero-order chi connectivity index (χ0) is 42.0. The summed E-state index contributed by atoms with van der Waals surface area (Å²) in [7, 11) is 2.96. The van der Waals surface area contributed by atoms with Crippen molar-refractivity contribution in [3.63, 3.8) is 0 Å². The molecule has 10 rings (SSSR count). The van der Waals surface area contributed by atoms with E-state index >= 15 is 17.6 Å². The van der Waals surface area contributed by atoms with Gasteiger partial charge in [-0.25, -0.2) is 43.9 Å². The molecule has 0 saturated carbocycles. The van der Waals surface area contributed by atoms with Crippen molar-refractivity contribution in [3.8, 4) is 67.1 Å². The van der Waals surface area contributed by atoms with Gasteiger partial charge >= 0.3 is 0 Å². The van der Waals surface area contributed by atoms with Crippen molar-refractivity contribution < 1.29 is 53.4 Å². The molecule has 0 radical (unpaired) electrons. The molecule has 0 aromatic heterocycles. The van der Waals surface area contributed by atoms with Crippen molar-refractivity contribution in [2.45, 2.75) is 0 Å². The molecular weight excluding hydrogens is 839 g/mol.